The first kappa shape index (κ1) is 22.1. The van der Waals surface area contributed by atoms with Crippen LogP contribution in [0.1, 0.15) is 55.5 Å². The van der Waals surface area contributed by atoms with Gasteiger partial charge in [-0.3, -0.25) is 19.8 Å². The van der Waals surface area contributed by atoms with Crippen molar-refractivity contribution in [3.05, 3.63) is 29.3 Å². The number of Topliss-reactive ketones (excluding diaryl/α,β-unsaturated/α-hetero) is 1. The number of urea groups is 1. The number of carbonyl (C=O) groups is 4. The predicted molar refractivity (Wildman–Crippen MR) is 113 cm³/mol. The zero-order chi connectivity index (χ0) is 21.9. The molecule has 8 nitrogen and oxygen atoms in total. The van der Waals surface area contributed by atoms with Crippen LogP contribution in [0, 0.1) is 5.92 Å². The number of nitrogens with zero attached hydrogens (tertiary/aromatic N) is 1. The summed E-state index contributed by atoms with van der Waals surface area (Å²) in [5.74, 6) is 0.786. The molecule has 2 fully saturated rings. The molecule has 9 heteroatoms. The summed E-state index contributed by atoms with van der Waals surface area (Å²) in [6, 6.07) is 4.59. The summed E-state index contributed by atoms with van der Waals surface area (Å²) >= 11 is 1.30. The van der Waals surface area contributed by atoms with Crippen LogP contribution in [-0.2, 0) is 15.3 Å². The van der Waals surface area contributed by atoms with Crippen LogP contribution >= 0.6 is 11.8 Å². The van der Waals surface area contributed by atoms with Crippen LogP contribution in [0.2, 0.25) is 0 Å². The highest BCUT2D eigenvalue weighted by molar-refractivity contribution is 7.99. The van der Waals surface area contributed by atoms with Crippen LogP contribution < -0.4 is 15.5 Å². The van der Waals surface area contributed by atoms with Crippen molar-refractivity contribution >= 4 is 35.4 Å². The summed E-state index contributed by atoms with van der Waals surface area (Å²) in [5, 5.41) is 3.59. The van der Waals surface area contributed by atoms with Crippen molar-refractivity contribution in [3.8, 4) is 5.75 Å². The Morgan fingerprint density at radius 2 is 2.00 bits per heavy atom. The number of nitrogens with one attached hydrogen (secondary N) is 2. The maximum atomic E-state index is 12.8. The Bertz CT molecular complexity index is 864. The third kappa shape index (κ3) is 4.61. The van der Waals surface area contributed by atoms with Crippen molar-refractivity contribution in [1.29, 1.82) is 0 Å². The Kier molecular flexibility index (Phi) is 6.70. The number of imide groups is 1. The van der Waals surface area contributed by atoms with Crippen molar-refractivity contribution in [2.75, 3.05) is 12.9 Å². The van der Waals surface area contributed by atoms with Gasteiger partial charge in [-0.1, -0.05) is 6.92 Å². The molecule has 1 spiro atoms. The molecule has 1 saturated carbocycles. The second-order valence-electron chi connectivity index (χ2n) is 7.95. The molecule has 30 heavy (non-hydrogen) atoms. The molecule has 1 aliphatic carbocycles. The standard InChI is InChI=1S/C21H27N3O5S/c1-13-6-8-21(9-7-13)19(27)24(20(28)22-21)23-18(26)12-30-11-16-10-15(14(2)25)4-5-17(16)29-3/h4-5,10,13H,6-9,11-12H2,1-3H3,(H,22,28)(H,23,26). The SMILES string of the molecule is COc1ccc(C(C)=O)cc1CSCC(=O)NN1C(=O)NC2(CCC(C)CC2)C1=O. The van der Waals surface area contributed by atoms with E-state index in [2.05, 4.69) is 17.7 Å². The first-order chi connectivity index (χ1) is 14.3. The summed E-state index contributed by atoms with van der Waals surface area (Å²) < 4.78 is 5.31. The van der Waals surface area contributed by atoms with Crippen LogP contribution in [0.5, 0.6) is 5.75 Å². The Morgan fingerprint density at radius 1 is 1.30 bits per heavy atom. The number of rotatable bonds is 7. The highest BCUT2D eigenvalue weighted by atomic mass is 32.2. The molecule has 0 unspecified atom stereocenters. The highest BCUT2D eigenvalue weighted by Gasteiger charge is 2.52. The van der Waals surface area contributed by atoms with Gasteiger partial charge < -0.3 is 10.1 Å². The van der Waals surface area contributed by atoms with Crippen LogP contribution in [0.15, 0.2) is 18.2 Å². The zero-order valence-electron chi connectivity index (χ0n) is 17.4. The monoisotopic (exact) mass is 433 g/mol. The fourth-order valence-electron chi connectivity index (χ4n) is 3.84. The number of hydrogen-bond acceptors (Lipinski definition) is 6. The molecule has 0 bridgehead atoms. The molecule has 0 radical (unpaired) electrons. The highest BCUT2D eigenvalue weighted by Crippen LogP contribution is 2.35. The average molecular weight is 434 g/mol. The van der Waals surface area contributed by atoms with E-state index in [-0.39, 0.29) is 17.4 Å². The molecule has 1 aliphatic heterocycles. The number of hydrazine groups is 1. The van der Waals surface area contributed by atoms with E-state index in [1.807, 2.05) is 0 Å². The van der Waals surface area contributed by atoms with E-state index in [1.165, 1.54) is 18.7 Å². The molecule has 1 aromatic carbocycles. The number of ether oxygens (including phenoxy) is 1. The second-order valence-corrected chi connectivity index (χ2v) is 8.93. The lowest BCUT2D eigenvalue weighted by atomic mass is 9.77. The smallest absolute Gasteiger partial charge is 0.344 e. The molecule has 4 amide bonds. The van der Waals surface area contributed by atoms with Gasteiger partial charge in [-0.15, -0.1) is 11.8 Å². The Balaban J connectivity index is 1.55. The molecule has 1 heterocycles. The van der Waals surface area contributed by atoms with E-state index < -0.39 is 17.5 Å². The molecule has 0 atom stereocenters. The van der Waals surface area contributed by atoms with Gasteiger partial charge in [0.25, 0.3) is 5.91 Å². The molecule has 1 saturated heterocycles. The first-order valence-electron chi connectivity index (χ1n) is 9.97. The quantitative estimate of drug-likeness (QED) is 0.506. The van der Waals surface area contributed by atoms with Crippen molar-refractivity contribution in [1.82, 2.24) is 15.8 Å². The molecule has 0 aromatic heterocycles. The van der Waals surface area contributed by atoms with Gasteiger partial charge in [0.2, 0.25) is 5.91 Å². The topological polar surface area (TPSA) is 105 Å². The maximum absolute atomic E-state index is 12.8. The summed E-state index contributed by atoms with van der Waals surface area (Å²) in [4.78, 5) is 49.0. The lowest BCUT2D eigenvalue weighted by Crippen LogP contribution is -2.51. The van der Waals surface area contributed by atoms with Gasteiger partial charge in [0.15, 0.2) is 5.78 Å². The van der Waals surface area contributed by atoms with E-state index in [9.17, 15) is 19.2 Å². The van der Waals surface area contributed by atoms with Crippen LogP contribution in [0.25, 0.3) is 0 Å². The third-order valence-electron chi connectivity index (χ3n) is 5.70. The number of carbonyl (C=O) groups excluding carboxylic acids is 4. The lowest BCUT2D eigenvalue weighted by Gasteiger charge is -2.33. The summed E-state index contributed by atoms with van der Waals surface area (Å²) in [5.41, 5.74) is 2.92. The largest absolute Gasteiger partial charge is 0.496 e. The number of hydrogen-bond donors (Lipinski definition) is 2. The Hall–Kier alpha value is -2.55. The van der Waals surface area contributed by atoms with E-state index >= 15 is 0 Å². The predicted octanol–water partition coefficient (Wildman–Crippen LogP) is 2.66. The van der Waals surface area contributed by atoms with Gasteiger partial charge in [0.05, 0.1) is 12.9 Å². The van der Waals surface area contributed by atoms with Gasteiger partial charge >= 0.3 is 6.03 Å². The number of thioether (sulfide) groups is 1. The molecule has 2 N–H and O–H groups in total. The molecular weight excluding hydrogens is 406 g/mol. The fraction of sp³-hybridized carbons (Fsp3) is 0.524. The molecule has 162 valence electrons. The third-order valence-corrected chi connectivity index (χ3v) is 6.69. The van der Waals surface area contributed by atoms with Crippen molar-refractivity contribution in [2.24, 2.45) is 5.92 Å². The van der Waals surface area contributed by atoms with E-state index in [0.717, 1.165) is 23.4 Å². The number of benzene rings is 1. The van der Waals surface area contributed by atoms with Crippen LogP contribution in [-0.4, -0.2) is 47.0 Å². The van der Waals surface area contributed by atoms with E-state index in [4.69, 9.17) is 4.74 Å². The van der Waals surface area contributed by atoms with Gasteiger partial charge in [0.1, 0.15) is 11.3 Å². The van der Waals surface area contributed by atoms with Crippen molar-refractivity contribution < 1.29 is 23.9 Å². The molecule has 3 rings (SSSR count). The lowest BCUT2D eigenvalue weighted by molar-refractivity contribution is -0.139. The fourth-order valence-corrected chi connectivity index (χ4v) is 4.63. The summed E-state index contributed by atoms with van der Waals surface area (Å²) in [6.45, 7) is 3.62. The minimum absolute atomic E-state index is 0.0498. The Morgan fingerprint density at radius 3 is 2.63 bits per heavy atom. The van der Waals surface area contributed by atoms with Crippen molar-refractivity contribution in [3.63, 3.8) is 0 Å². The molecule has 2 aliphatic rings. The maximum Gasteiger partial charge on any atom is 0.344 e. The van der Waals surface area contributed by atoms with Crippen LogP contribution in [0.4, 0.5) is 4.79 Å². The molecule has 1 aromatic rings. The molecular formula is C21H27N3O5S. The van der Waals surface area contributed by atoms with Gasteiger partial charge in [-0.2, -0.15) is 5.01 Å². The minimum Gasteiger partial charge on any atom is -0.496 e. The van der Waals surface area contributed by atoms with Crippen LogP contribution in [0.3, 0.4) is 0 Å². The van der Waals surface area contributed by atoms with Gasteiger partial charge in [-0.25, -0.2) is 4.79 Å². The Labute approximate surface area is 180 Å². The first-order valence-corrected chi connectivity index (χ1v) is 11.1. The van der Waals surface area contributed by atoms with Crippen molar-refractivity contribution in [2.45, 2.75) is 50.8 Å². The summed E-state index contributed by atoms with van der Waals surface area (Å²) in [6.07, 6.45) is 2.91. The summed E-state index contributed by atoms with van der Waals surface area (Å²) in [7, 11) is 1.54. The number of ketones is 1. The normalized spacial score (nSPS) is 23.4. The second kappa shape index (κ2) is 9.07. The average Bonchev–Trinajstić information content (AvgIpc) is 2.94. The minimum atomic E-state index is -0.884. The van der Waals surface area contributed by atoms with Gasteiger partial charge in [0, 0.05) is 16.9 Å². The van der Waals surface area contributed by atoms with Gasteiger partial charge in [-0.05, 0) is 56.7 Å². The number of methoxy groups -OCH3 is 1. The number of amides is 4. The van der Waals surface area contributed by atoms with E-state index in [1.54, 1.807) is 25.3 Å². The zero-order valence-corrected chi connectivity index (χ0v) is 18.3. The van der Waals surface area contributed by atoms with E-state index in [0.29, 0.717) is 35.8 Å².